The average molecular weight is 501 g/mol. The van der Waals surface area contributed by atoms with Crippen molar-refractivity contribution in [3.05, 3.63) is 80.7 Å². The van der Waals surface area contributed by atoms with Crippen molar-refractivity contribution in [1.29, 1.82) is 0 Å². The number of rotatable bonds is 5. The second-order valence-corrected chi connectivity index (χ2v) is 11.7. The summed E-state index contributed by atoms with van der Waals surface area (Å²) in [5, 5.41) is 3.73. The molecule has 0 atom stereocenters. The van der Waals surface area contributed by atoms with E-state index in [1.165, 1.54) is 4.31 Å². The summed E-state index contributed by atoms with van der Waals surface area (Å²) in [5.74, 6) is -0.0892. The summed E-state index contributed by atoms with van der Waals surface area (Å²) in [6, 6.07) is 14.3. The summed E-state index contributed by atoms with van der Waals surface area (Å²) in [7, 11) is -3.57. The van der Waals surface area contributed by atoms with E-state index < -0.39 is 10.0 Å². The van der Waals surface area contributed by atoms with E-state index in [9.17, 15) is 13.2 Å². The van der Waals surface area contributed by atoms with Gasteiger partial charge in [0.05, 0.1) is 15.6 Å². The summed E-state index contributed by atoms with van der Waals surface area (Å²) < 4.78 is 27.6. The zero-order valence-electron chi connectivity index (χ0n) is 18.2. The van der Waals surface area contributed by atoms with Crippen molar-refractivity contribution in [2.45, 2.75) is 37.0 Å². The number of carbonyl (C=O) groups is 1. The minimum absolute atomic E-state index is 0.0892. The fourth-order valence-electron chi connectivity index (χ4n) is 4.59. The highest BCUT2D eigenvalue weighted by atomic mass is 35.5. The Hall–Kier alpha value is -2.06. The summed E-state index contributed by atoms with van der Waals surface area (Å²) in [4.78, 5) is 16.1. The van der Waals surface area contributed by atoms with Crippen molar-refractivity contribution >= 4 is 44.9 Å². The van der Waals surface area contributed by atoms with Gasteiger partial charge in [0.15, 0.2) is 5.78 Å². The predicted molar refractivity (Wildman–Crippen MR) is 133 cm³/mol. The molecule has 1 saturated heterocycles. The van der Waals surface area contributed by atoms with Crippen molar-refractivity contribution in [2.75, 3.05) is 19.6 Å². The zero-order chi connectivity index (χ0) is 23.0. The molecule has 172 valence electrons. The molecule has 8 heteroatoms. The Morgan fingerprint density at radius 2 is 1.67 bits per heavy atom. The van der Waals surface area contributed by atoms with Gasteiger partial charge in [0, 0.05) is 41.2 Å². The van der Waals surface area contributed by atoms with Crippen LogP contribution in [-0.2, 0) is 10.0 Å². The van der Waals surface area contributed by atoms with Crippen LogP contribution in [0.15, 0.2) is 69.4 Å². The number of benzene rings is 2. The predicted octanol–water partition coefficient (Wildman–Crippen LogP) is 5.75. The maximum atomic E-state index is 13.6. The molecule has 3 aliphatic heterocycles. The molecule has 0 N–H and O–H groups in total. The van der Waals surface area contributed by atoms with Crippen molar-refractivity contribution in [2.24, 2.45) is 0 Å². The Morgan fingerprint density at radius 3 is 2.42 bits per heavy atom. The molecule has 0 amide bonds. The summed E-state index contributed by atoms with van der Waals surface area (Å²) in [5.41, 5.74) is 3.33. The van der Waals surface area contributed by atoms with Gasteiger partial charge in [-0.05, 0) is 61.9 Å². The van der Waals surface area contributed by atoms with E-state index in [2.05, 4.69) is 10.3 Å². The molecule has 0 spiro atoms. The first-order valence-electron chi connectivity index (χ1n) is 11.2. The van der Waals surface area contributed by atoms with Crippen LogP contribution in [0.5, 0.6) is 0 Å². The first kappa shape index (κ1) is 22.7. The number of halogens is 1. The highest BCUT2D eigenvalue weighted by Gasteiger charge is 2.32. The Bertz CT molecular complexity index is 1250. The molecule has 2 aromatic rings. The molecule has 2 aromatic carbocycles. The summed E-state index contributed by atoms with van der Waals surface area (Å²) in [6.45, 7) is 1.93. The van der Waals surface area contributed by atoms with E-state index in [0.29, 0.717) is 30.1 Å². The number of allylic oxidation sites excluding steroid dienone is 1. The second kappa shape index (κ2) is 9.29. The monoisotopic (exact) mass is 500 g/mol. The highest BCUT2D eigenvalue weighted by molar-refractivity contribution is 8.06. The molecule has 0 unspecified atom stereocenters. The molecular formula is C25H25ClN2O3S2. The quantitative estimate of drug-likeness (QED) is 0.489. The number of ketones is 1. The molecular weight excluding hydrogens is 476 g/mol. The molecule has 3 aliphatic rings. The van der Waals surface area contributed by atoms with Gasteiger partial charge in [0.2, 0.25) is 10.0 Å². The smallest absolute Gasteiger partial charge is 0.243 e. The van der Waals surface area contributed by atoms with Gasteiger partial charge >= 0.3 is 0 Å². The van der Waals surface area contributed by atoms with Gasteiger partial charge in [-0.2, -0.15) is 4.31 Å². The van der Waals surface area contributed by atoms with Crippen LogP contribution >= 0.6 is 23.4 Å². The number of hydrogen-bond acceptors (Lipinski definition) is 5. The lowest BCUT2D eigenvalue weighted by molar-refractivity contribution is 0.102. The number of Topliss-reactive ketones (excluding diaryl/α,β-unsaturated/α-hetero) is 1. The fraction of sp³-hybridized carbons (Fsp3) is 0.320. The molecule has 5 nitrogen and oxygen atoms in total. The summed E-state index contributed by atoms with van der Waals surface area (Å²) in [6.07, 6.45) is 4.34. The molecule has 0 bridgehead atoms. The van der Waals surface area contributed by atoms with Crippen molar-refractivity contribution in [3.8, 4) is 0 Å². The molecule has 0 saturated carbocycles. The maximum absolute atomic E-state index is 13.6. The van der Waals surface area contributed by atoms with Gasteiger partial charge in [0.25, 0.3) is 0 Å². The normalized spacial score (nSPS) is 19.4. The third kappa shape index (κ3) is 4.39. The molecule has 0 aliphatic carbocycles. The molecule has 3 heterocycles. The molecule has 0 aromatic heterocycles. The van der Waals surface area contributed by atoms with Gasteiger partial charge in [-0.3, -0.25) is 4.79 Å². The Morgan fingerprint density at radius 1 is 0.939 bits per heavy atom. The molecule has 1 fully saturated rings. The molecule has 33 heavy (non-hydrogen) atoms. The SMILES string of the molecule is O=C(C1=C2SC=C(c3ccc(Cl)cc3)N2CCCC1)c1cccc(S(=O)(=O)N2CCCC2)c1. The van der Waals surface area contributed by atoms with Crippen molar-refractivity contribution in [3.63, 3.8) is 0 Å². The Labute approximate surface area is 204 Å². The number of thioether (sulfide) groups is 1. The fourth-order valence-corrected chi connectivity index (χ4v) is 7.42. The number of hydrogen-bond donors (Lipinski definition) is 0. The number of nitrogens with zero attached hydrogens (tertiary/aromatic N) is 2. The van der Waals surface area contributed by atoms with Gasteiger partial charge in [-0.15, -0.1) is 0 Å². The van der Waals surface area contributed by atoms with Gasteiger partial charge in [-0.1, -0.05) is 47.6 Å². The lowest BCUT2D eigenvalue weighted by Crippen LogP contribution is -2.28. The minimum Gasteiger partial charge on any atom is -0.335 e. The van der Waals surface area contributed by atoms with E-state index >= 15 is 0 Å². The van der Waals surface area contributed by atoms with Crippen molar-refractivity contribution < 1.29 is 13.2 Å². The van der Waals surface area contributed by atoms with E-state index in [4.69, 9.17) is 11.6 Å². The third-order valence-corrected chi connectivity index (χ3v) is 9.53. The topological polar surface area (TPSA) is 57.7 Å². The van der Waals surface area contributed by atoms with Crippen LogP contribution in [0.2, 0.25) is 5.02 Å². The van der Waals surface area contributed by atoms with E-state index in [0.717, 1.165) is 54.1 Å². The number of fused-ring (bicyclic) bond motifs is 1. The van der Waals surface area contributed by atoms with Gasteiger partial charge in [-0.25, -0.2) is 8.42 Å². The van der Waals surface area contributed by atoms with Crippen LogP contribution in [0.25, 0.3) is 5.70 Å². The first-order valence-corrected chi connectivity index (χ1v) is 13.9. The van der Waals surface area contributed by atoms with Crippen LogP contribution in [0.3, 0.4) is 0 Å². The second-order valence-electron chi connectivity index (χ2n) is 8.49. The number of carbonyl (C=O) groups excluding carboxylic acids is 1. The molecule has 5 rings (SSSR count). The standard InChI is InChI=1S/C25H25ClN2O3S2/c26-20-11-9-18(10-12-20)23-17-32-25-22(8-1-2-15-28(23)25)24(29)19-6-5-7-21(16-19)33(30,31)27-13-3-4-14-27/h5-7,9-12,16-17H,1-4,8,13-15H2. The Kier molecular flexibility index (Phi) is 6.40. The van der Waals surface area contributed by atoms with Gasteiger partial charge < -0.3 is 4.90 Å². The van der Waals surface area contributed by atoms with E-state index in [-0.39, 0.29) is 10.7 Å². The van der Waals surface area contributed by atoms with Crippen LogP contribution in [0.1, 0.15) is 48.0 Å². The molecule has 0 radical (unpaired) electrons. The lowest BCUT2D eigenvalue weighted by Gasteiger charge is -2.23. The largest absolute Gasteiger partial charge is 0.335 e. The highest BCUT2D eigenvalue weighted by Crippen LogP contribution is 2.44. The maximum Gasteiger partial charge on any atom is 0.243 e. The number of sulfonamides is 1. The average Bonchev–Trinajstić information content (AvgIpc) is 3.47. The van der Waals surface area contributed by atoms with Crippen LogP contribution < -0.4 is 0 Å². The summed E-state index contributed by atoms with van der Waals surface area (Å²) >= 11 is 7.63. The minimum atomic E-state index is -3.57. The van der Waals surface area contributed by atoms with E-state index in [1.54, 1.807) is 36.0 Å². The third-order valence-electron chi connectivity index (χ3n) is 6.35. The van der Waals surface area contributed by atoms with Crippen molar-refractivity contribution in [1.82, 2.24) is 9.21 Å². The first-order chi connectivity index (χ1) is 15.9. The van der Waals surface area contributed by atoms with Gasteiger partial charge in [0.1, 0.15) is 0 Å². The Balaban J connectivity index is 1.47. The van der Waals surface area contributed by atoms with Crippen LogP contribution in [0.4, 0.5) is 0 Å². The lowest BCUT2D eigenvalue weighted by atomic mass is 10.00. The zero-order valence-corrected chi connectivity index (χ0v) is 20.6. The van der Waals surface area contributed by atoms with E-state index in [1.807, 2.05) is 24.3 Å². The van der Waals surface area contributed by atoms with Crippen LogP contribution in [-0.4, -0.2) is 43.0 Å². The van der Waals surface area contributed by atoms with Crippen LogP contribution in [0, 0.1) is 0 Å².